The first-order valence-electron chi connectivity index (χ1n) is 20.8. The van der Waals surface area contributed by atoms with Crippen LogP contribution in [0.3, 0.4) is 0 Å². The van der Waals surface area contributed by atoms with E-state index in [2.05, 4.69) is 192 Å². The van der Waals surface area contributed by atoms with Crippen molar-refractivity contribution in [3.8, 4) is 56.7 Å². The van der Waals surface area contributed by atoms with E-state index in [1.165, 1.54) is 40.1 Å². The standard InChI is InChI=1S/C55H41N5/c1-2-3-17-37-28-30-39(31-29-37)42-34-41(38-18-7-4-8-19-38)35-43(36-42)54-56-53(40-20-9-5-10-21-40)57-55(58-54)60-48-27-16-14-25-46(48)52-50(60)33-32-49-51(52)45-24-13-15-26-47(45)59(49)44-22-11-6-12-23-44/h4-16,18-36H,2-3,17H2,1H3. The monoisotopic (exact) mass is 771 g/mol. The first-order chi connectivity index (χ1) is 29.7. The molecule has 0 aliphatic carbocycles. The van der Waals surface area contributed by atoms with Crippen LogP contribution in [0.2, 0.25) is 0 Å². The van der Waals surface area contributed by atoms with E-state index < -0.39 is 0 Å². The minimum atomic E-state index is 0.572. The fourth-order valence-electron chi connectivity index (χ4n) is 8.86. The molecular weight excluding hydrogens is 731 g/mol. The second-order valence-corrected chi connectivity index (χ2v) is 15.5. The van der Waals surface area contributed by atoms with Crippen molar-refractivity contribution in [1.29, 1.82) is 0 Å². The van der Waals surface area contributed by atoms with Gasteiger partial charge in [-0.2, -0.15) is 9.97 Å². The highest BCUT2D eigenvalue weighted by molar-refractivity contribution is 6.28. The highest BCUT2D eigenvalue weighted by atomic mass is 15.2. The fraction of sp³-hybridized carbons (Fsp3) is 0.0727. The quantitative estimate of drug-likeness (QED) is 0.147. The molecule has 8 aromatic carbocycles. The van der Waals surface area contributed by atoms with Crippen LogP contribution < -0.4 is 0 Å². The van der Waals surface area contributed by atoms with Gasteiger partial charge in [-0.25, -0.2) is 4.98 Å². The largest absolute Gasteiger partial charge is 0.309 e. The molecule has 5 heteroatoms. The molecule has 0 saturated carbocycles. The molecule has 0 fully saturated rings. The molecule has 5 nitrogen and oxygen atoms in total. The number of rotatable bonds is 9. The van der Waals surface area contributed by atoms with Gasteiger partial charge < -0.3 is 4.57 Å². The Hall–Kier alpha value is -7.63. The summed E-state index contributed by atoms with van der Waals surface area (Å²) in [5, 5.41) is 4.73. The summed E-state index contributed by atoms with van der Waals surface area (Å²) < 4.78 is 4.61. The Morgan fingerprint density at radius 2 is 0.867 bits per heavy atom. The van der Waals surface area contributed by atoms with Gasteiger partial charge in [0.25, 0.3) is 0 Å². The van der Waals surface area contributed by atoms with Crippen molar-refractivity contribution in [3.63, 3.8) is 0 Å². The lowest BCUT2D eigenvalue weighted by molar-refractivity contribution is 0.795. The average molecular weight is 772 g/mol. The first-order valence-corrected chi connectivity index (χ1v) is 20.8. The summed E-state index contributed by atoms with van der Waals surface area (Å²) in [5.74, 6) is 1.81. The molecule has 0 N–H and O–H groups in total. The molecule has 0 spiro atoms. The Bertz CT molecular complexity index is 3330. The lowest BCUT2D eigenvalue weighted by Gasteiger charge is -2.14. The zero-order chi connectivity index (χ0) is 40.0. The summed E-state index contributed by atoms with van der Waals surface area (Å²) in [6.45, 7) is 2.24. The molecule has 0 amide bonds. The van der Waals surface area contributed by atoms with Crippen molar-refractivity contribution >= 4 is 43.6 Å². The van der Waals surface area contributed by atoms with Crippen molar-refractivity contribution in [2.45, 2.75) is 26.2 Å². The molecule has 0 radical (unpaired) electrons. The summed E-state index contributed by atoms with van der Waals surface area (Å²) in [5.41, 5.74) is 13.3. The summed E-state index contributed by atoms with van der Waals surface area (Å²) >= 11 is 0. The third kappa shape index (κ3) is 6.14. The number of benzene rings is 8. The van der Waals surface area contributed by atoms with E-state index in [0.29, 0.717) is 17.6 Å². The van der Waals surface area contributed by atoms with Crippen LogP contribution in [0.1, 0.15) is 25.3 Å². The molecule has 3 heterocycles. The Labute approximate surface area is 348 Å². The van der Waals surface area contributed by atoms with Gasteiger partial charge in [0.2, 0.25) is 5.95 Å². The van der Waals surface area contributed by atoms with Crippen LogP contribution in [-0.2, 0) is 6.42 Å². The molecule has 0 unspecified atom stereocenters. The predicted molar refractivity (Wildman–Crippen MR) is 249 cm³/mol. The maximum Gasteiger partial charge on any atom is 0.238 e. The van der Waals surface area contributed by atoms with E-state index in [9.17, 15) is 0 Å². The van der Waals surface area contributed by atoms with Crippen LogP contribution in [0.15, 0.2) is 194 Å². The van der Waals surface area contributed by atoms with Gasteiger partial charge in [-0.15, -0.1) is 0 Å². The number of hydrogen-bond acceptors (Lipinski definition) is 3. The van der Waals surface area contributed by atoms with Crippen LogP contribution in [-0.4, -0.2) is 24.1 Å². The highest BCUT2D eigenvalue weighted by Gasteiger charge is 2.23. The van der Waals surface area contributed by atoms with E-state index in [-0.39, 0.29) is 0 Å². The fourth-order valence-corrected chi connectivity index (χ4v) is 8.86. The van der Waals surface area contributed by atoms with Crippen molar-refractivity contribution in [2.75, 3.05) is 0 Å². The van der Waals surface area contributed by atoms with E-state index >= 15 is 0 Å². The Morgan fingerprint density at radius 1 is 0.383 bits per heavy atom. The third-order valence-electron chi connectivity index (χ3n) is 11.7. The molecular formula is C55H41N5. The van der Waals surface area contributed by atoms with Gasteiger partial charge in [-0.1, -0.05) is 153 Å². The van der Waals surface area contributed by atoms with Crippen molar-refractivity contribution in [2.24, 2.45) is 0 Å². The average Bonchev–Trinajstić information content (AvgIpc) is 3.84. The van der Waals surface area contributed by atoms with Crippen molar-refractivity contribution in [3.05, 3.63) is 200 Å². The zero-order valence-electron chi connectivity index (χ0n) is 33.3. The number of aryl methyl sites for hydroxylation is 1. The number of hydrogen-bond donors (Lipinski definition) is 0. The molecule has 0 atom stereocenters. The molecule has 0 aliphatic heterocycles. The predicted octanol–water partition coefficient (Wildman–Crippen LogP) is 14.1. The molecule has 11 aromatic rings. The SMILES string of the molecule is CCCCc1ccc(-c2cc(-c3ccccc3)cc(-c3nc(-c4ccccc4)nc(-n4c5ccccc5c5c6c7ccccc7n(-c7ccccc7)c6ccc54)n3)c2)cc1. The summed E-state index contributed by atoms with van der Waals surface area (Å²) in [7, 11) is 0. The molecule has 0 saturated heterocycles. The summed E-state index contributed by atoms with van der Waals surface area (Å²) in [6, 6.07) is 69.1. The molecule has 0 bridgehead atoms. The van der Waals surface area contributed by atoms with E-state index in [4.69, 9.17) is 15.0 Å². The Kier molecular flexibility index (Phi) is 8.85. The van der Waals surface area contributed by atoms with Crippen LogP contribution in [0.4, 0.5) is 0 Å². The molecule has 11 rings (SSSR count). The topological polar surface area (TPSA) is 48.5 Å². The third-order valence-corrected chi connectivity index (χ3v) is 11.7. The van der Waals surface area contributed by atoms with Crippen LogP contribution in [0.5, 0.6) is 0 Å². The lowest BCUT2D eigenvalue weighted by Crippen LogP contribution is -2.06. The van der Waals surface area contributed by atoms with Crippen LogP contribution in [0, 0.1) is 0 Å². The molecule has 3 aromatic heterocycles. The van der Waals surface area contributed by atoms with Gasteiger partial charge in [-0.05, 0) is 95.3 Å². The van der Waals surface area contributed by atoms with Crippen LogP contribution in [0.25, 0.3) is 100 Å². The number of aromatic nitrogens is 5. The summed E-state index contributed by atoms with van der Waals surface area (Å²) in [4.78, 5) is 16.0. The van der Waals surface area contributed by atoms with Gasteiger partial charge in [-0.3, -0.25) is 4.57 Å². The van der Waals surface area contributed by atoms with Gasteiger partial charge in [0.05, 0.1) is 22.1 Å². The van der Waals surface area contributed by atoms with Gasteiger partial charge in [0, 0.05) is 38.4 Å². The van der Waals surface area contributed by atoms with E-state index in [0.717, 1.165) is 67.4 Å². The molecule has 0 aliphatic rings. The number of para-hydroxylation sites is 3. The maximum absolute atomic E-state index is 5.42. The molecule has 286 valence electrons. The van der Waals surface area contributed by atoms with Gasteiger partial charge in [0.15, 0.2) is 11.6 Å². The van der Waals surface area contributed by atoms with Gasteiger partial charge in [0.1, 0.15) is 0 Å². The maximum atomic E-state index is 5.42. The zero-order valence-corrected chi connectivity index (χ0v) is 33.3. The highest BCUT2D eigenvalue weighted by Crippen LogP contribution is 2.42. The van der Waals surface area contributed by atoms with Crippen molar-refractivity contribution in [1.82, 2.24) is 24.1 Å². The minimum Gasteiger partial charge on any atom is -0.309 e. The second-order valence-electron chi connectivity index (χ2n) is 15.5. The van der Waals surface area contributed by atoms with Crippen LogP contribution >= 0.6 is 0 Å². The first kappa shape index (κ1) is 35.5. The normalized spacial score (nSPS) is 11.6. The summed E-state index contributed by atoms with van der Waals surface area (Å²) in [6.07, 6.45) is 3.46. The lowest BCUT2D eigenvalue weighted by atomic mass is 9.95. The Balaban J connectivity index is 1.17. The number of nitrogens with zero attached hydrogens (tertiary/aromatic N) is 5. The Morgan fingerprint density at radius 3 is 1.48 bits per heavy atom. The van der Waals surface area contributed by atoms with Gasteiger partial charge >= 0.3 is 0 Å². The minimum absolute atomic E-state index is 0.572. The van der Waals surface area contributed by atoms with E-state index in [1.54, 1.807) is 0 Å². The van der Waals surface area contributed by atoms with Crippen molar-refractivity contribution < 1.29 is 0 Å². The smallest absolute Gasteiger partial charge is 0.238 e. The second kappa shape index (κ2) is 14.9. The number of unbranched alkanes of at least 4 members (excludes halogenated alkanes) is 1. The van der Waals surface area contributed by atoms with E-state index in [1.807, 2.05) is 18.2 Å². The molecule has 60 heavy (non-hydrogen) atoms. The number of fused-ring (bicyclic) bond motifs is 7.